The second-order valence-electron chi connectivity index (χ2n) is 2.69. The lowest BCUT2D eigenvalue weighted by atomic mass is 10.3. The van der Waals surface area contributed by atoms with Crippen molar-refractivity contribution < 1.29 is 4.42 Å². The normalized spacial score (nSPS) is 10.6. The zero-order valence-corrected chi connectivity index (χ0v) is 8.10. The summed E-state index contributed by atoms with van der Waals surface area (Å²) in [6.07, 6.45) is 1.64. The molecule has 0 aliphatic carbocycles. The molecule has 0 aliphatic rings. The van der Waals surface area contributed by atoms with Crippen LogP contribution >= 0.6 is 11.3 Å². The van der Waals surface area contributed by atoms with Gasteiger partial charge in [0.15, 0.2) is 5.76 Å². The molecule has 0 fully saturated rings. The lowest BCUT2D eigenvalue weighted by Crippen LogP contribution is -1.94. The Kier molecular flexibility index (Phi) is 2.16. The minimum atomic E-state index is 0.515. The Labute approximate surface area is 80.2 Å². The predicted molar refractivity (Wildman–Crippen MR) is 52.4 cm³/mol. The number of aromatic nitrogens is 1. The zero-order valence-electron chi connectivity index (χ0n) is 7.28. The summed E-state index contributed by atoms with van der Waals surface area (Å²) in [5.74, 6) is 0.796. The minimum Gasteiger partial charge on any atom is -0.463 e. The van der Waals surface area contributed by atoms with Crippen LogP contribution in [-0.4, -0.2) is 4.98 Å². The van der Waals surface area contributed by atoms with E-state index in [-0.39, 0.29) is 0 Å². The number of rotatable bonds is 2. The molecule has 2 aromatic heterocycles. The SMILES string of the molecule is Cc1nc(-c2ccco2)c(CN)s1. The molecule has 2 aromatic rings. The molecule has 2 N–H and O–H groups in total. The van der Waals surface area contributed by atoms with E-state index in [9.17, 15) is 0 Å². The van der Waals surface area contributed by atoms with Crippen LogP contribution in [0, 0.1) is 6.92 Å². The number of furan rings is 1. The van der Waals surface area contributed by atoms with Crippen molar-refractivity contribution >= 4 is 11.3 Å². The Morgan fingerprint density at radius 1 is 1.62 bits per heavy atom. The molecule has 68 valence electrons. The van der Waals surface area contributed by atoms with E-state index in [4.69, 9.17) is 10.2 Å². The van der Waals surface area contributed by atoms with Crippen molar-refractivity contribution in [3.05, 3.63) is 28.3 Å². The van der Waals surface area contributed by atoms with Crippen LogP contribution in [0.25, 0.3) is 11.5 Å². The molecule has 0 aliphatic heterocycles. The first-order valence-corrected chi connectivity index (χ1v) is 4.83. The highest BCUT2D eigenvalue weighted by molar-refractivity contribution is 7.12. The number of hydrogen-bond acceptors (Lipinski definition) is 4. The molecule has 2 rings (SSSR count). The van der Waals surface area contributed by atoms with Gasteiger partial charge in [-0.05, 0) is 19.1 Å². The van der Waals surface area contributed by atoms with Gasteiger partial charge < -0.3 is 10.2 Å². The Morgan fingerprint density at radius 2 is 2.46 bits per heavy atom. The van der Waals surface area contributed by atoms with Crippen molar-refractivity contribution in [2.75, 3.05) is 0 Å². The van der Waals surface area contributed by atoms with Gasteiger partial charge in [0.25, 0.3) is 0 Å². The van der Waals surface area contributed by atoms with Crippen LogP contribution in [0.4, 0.5) is 0 Å². The Hall–Kier alpha value is -1.13. The summed E-state index contributed by atoms with van der Waals surface area (Å²) in [5, 5.41) is 1.02. The van der Waals surface area contributed by atoms with Crippen molar-refractivity contribution in [2.45, 2.75) is 13.5 Å². The van der Waals surface area contributed by atoms with Gasteiger partial charge in [0.2, 0.25) is 0 Å². The summed E-state index contributed by atoms with van der Waals surface area (Å²) in [4.78, 5) is 5.45. The molecule has 0 saturated carbocycles. The van der Waals surface area contributed by atoms with Crippen molar-refractivity contribution in [1.29, 1.82) is 0 Å². The lowest BCUT2D eigenvalue weighted by molar-refractivity contribution is 0.579. The van der Waals surface area contributed by atoms with E-state index in [1.807, 2.05) is 19.1 Å². The van der Waals surface area contributed by atoms with Gasteiger partial charge in [0, 0.05) is 11.4 Å². The van der Waals surface area contributed by atoms with Crippen LogP contribution in [0.1, 0.15) is 9.88 Å². The molecule has 0 spiro atoms. The second-order valence-corrected chi connectivity index (χ2v) is 3.97. The number of nitrogens with zero attached hydrogens (tertiary/aromatic N) is 1. The third kappa shape index (κ3) is 1.50. The molecule has 0 saturated heterocycles. The van der Waals surface area contributed by atoms with Gasteiger partial charge >= 0.3 is 0 Å². The van der Waals surface area contributed by atoms with E-state index in [0.717, 1.165) is 21.3 Å². The first kappa shape index (κ1) is 8.47. The maximum atomic E-state index is 5.60. The molecular weight excluding hydrogens is 184 g/mol. The highest BCUT2D eigenvalue weighted by atomic mass is 32.1. The van der Waals surface area contributed by atoms with Gasteiger partial charge in [-0.25, -0.2) is 4.98 Å². The fourth-order valence-electron chi connectivity index (χ4n) is 1.21. The van der Waals surface area contributed by atoms with E-state index in [2.05, 4.69) is 4.98 Å². The van der Waals surface area contributed by atoms with Crippen LogP contribution in [-0.2, 0) is 6.54 Å². The van der Waals surface area contributed by atoms with Gasteiger partial charge in [-0.2, -0.15) is 0 Å². The largest absolute Gasteiger partial charge is 0.463 e. The fraction of sp³-hybridized carbons (Fsp3) is 0.222. The summed E-state index contributed by atoms with van der Waals surface area (Å²) >= 11 is 1.62. The van der Waals surface area contributed by atoms with Crippen LogP contribution in [0.5, 0.6) is 0 Å². The predicted octanol–water partition coefficient (Wildman–Crippen LogP) is 2.17. The third-order valence-corrected chi connectivity index (χ3v) is 2.74. The van der Waals surface area contributed by atoms with E-state index in [0.29, 0.717) is 6.54 Å². The monoisotopic (exact) mass is 194 g/mol. The van der Waals surface area contributed by atoms with Crippen molar-refractivity contribution in [2.24, 2.45) is 5.73 Å². The average Bonchev–Trinajstić information content (AvgIpc) is 2.71. The highest BCUT2D eigenvalue weighted by Gasteiger charge is 2.11. The van der Waals surface area contributed by atoms with Crippen molar-refractivity contribution in [1.82, 2.24) is 4.98 Å². The minimum absolute atomic E-state index is 0.515. The highest BCUT2D eigenvalue weighted by Crippen LogP contribution is 2.27. The summed E-state index contributed by atoms with van der Waals surface area (Å²) in [7, 11) is 0. The molecule has 0 atom stereocenters. The molecule has 13 heavy (non-hydrogen) atoms. The Balaban J connectivity index is 2.50. The third-order valence-electron chi connectivity index (χ3n) is 1.74. The van der Waals surface area contributed by atoms with Crippen LogP contribution in [0.15, 0.2) is 22.8 Å². The lowest BCUT2D eigenvalue weighted by Gasteiger charge is -1.93. The first-order valence-electron chi connectivity index (χ1n) is 4.01. The smallest absolute Gasteiger partial charge is 0.153 e. The van der Waals surface area contributed by atoms with Gasteiger partial charge in [0.1, 0.15) is 5.69 Å². The summed E-state index contributed by atoms with van der Waals surface area (Å²) in [6, 6.07) is 3.75. The number of hydrogen-bond donors (Lipinski definition) is 1. The number of nitrogens with two attached hydrogens (primary N) is 1. The molecule has 2 heterocycles. The summed E-state index contributed by atoms with van der Waals surface area (Å²) in [5.41, 5.74) is 6.48. The maximum absolute atomic E-state index is 5.60. The van der Waals surface area contributed by atoms with E-state index in [1.54, 1.807) is 17.6 Å². The Morgan fingerprint density at radius 3 is 3.08 bits per heavy atom. The van der Waals surface area contributed by atoms with Gasteiger partial charge in [-0.15, -0.1) is 11.3 Å². The summed E-state index contributed by atoms with van der Waals surface area (Å²) in [6.45, 7) is 2.48. The van der Waals surface area contributed by atoms with Gasteiger partial charge in [0.05, 0.1) is 11.3 Å². The Bertz CT molecular complexity index is 392. The van der Waals surface area contributed by atoms with Crippen LogP contribution in [0.3, 0.4) is 0 Å². The maximum Gasteiger partial charge on any atom is 0.153 e. The number of thiazole rings is 1. The standard InChI is InChI=1S/C9H10N2OS/c1-6-11-9(8(5-10)13-6)7-3-2-4-12-7/h2-4H,5,10H2,1H3. The molecule has 0 amide bonds. The van der Waals surface area contributed by atoms with E-state index >= 15 is 0 Å². The van der Waals surface area contributed by atoms with Gasteiger partial charge in [-0.3, -0.25) is 0 Å². The topological polar surface area (TPSA) is 52.0 Å². The van der Waals surface area contributed by atoms with Crippen molar-refractivity contribution in [3.8, 4) is 11.5 Å². The average molecular weight is 194 g/mol. The first-order chi connectivity index (χ1) is 6.31. The molecule has 0 bridgehead atoms. The van der Waals surface area contributed by atoms with E-state index < -0.39 is 0 Å². The molecular formula is C9H10N2OS. The molecule has 0 radical (unpaired) electrons. The van der Waals surface area contributed by atoms with Crippen LogP contribution in [0.2, 0.25) is 0 Å². The molecule has 3 nitrogen and oxygen atoms in total. The fourth-order valence-corrected chi connectivity index (χ4v) is 2.03. The quantitative estimate of drug-likeness (QED) is 0.797. The molecule has 0 unspecified atom stereocenters. The van der Waals surface area contributed by atoms with Crippen LogP contribution < -0.4 is 5.73 Å². The number of aryl methyl sites for hydroxylation is 1. The molecule has 4 heteroatoms. The molecule has 0 aromatic carbocycles. The second kappa shape index (κ2) is 3.32. The van der Waals surface area contributed by atoms with E-state index in [1.165, 1.54) is 0 Å². The summed E-state index contributed by atoms with van der Waals surface area (Å²) < 4.78 is 5.26. The van der Waals surface area contributed by atoms with Gasteiger partial charge in [-0.1, -0.05) is 0 Å². The van der Waals surface area contributed by atoms with Crippen molar-refractivity contribution in [3.63, 3.8) is 0 Å². The zero-order chi connectivity index (χ0) is 9.26.